The topological polar surface area (TPSA) is 102 Å². The molecule has 166 valence electrons. The van der Waals surface area contributed by atoms with Crippen molar-refractivity contribution in [1.29, 1.82) is 0 Å². The van der Waals surface area contributed by atoms with E-state index in [1.807, 2.05) is 18.2 Å². The van der Waals surface area contributed by atoms with E-state index in [-0.39, 0.29) is 23.4 Å². The van der Waals surface area contributed by atoms with E-state index in [0.29, 0.717) is 13.0 Å². The average molecular weight is 446 g/mol. The molecule has 1 atom stereocenters. The molecule has 4 rings (SSSR count). The molecular weight excluding hydrogens is 418 g/mol. The zero-order valence-corrected chi connectivity index (χ0v) is 18.5. The van der Waals surface area contributed by atoms with Gasteiger partial charge in [0.25, 0.3) is 0 Å². The fraction of sp³-hybridized carbons (Fsp3) is 0.409. The third-order valence-electron chi connectivity index (χ3n) is 6.08. The predicted octanol–water partition coefficient (Wildman–Crippen LogP) is 2.08. The number of fused-ring (bicyclic) bond motifs is 1. The molecular formula is C22H27N3O5S. The first-order valence-electron chi connectivity index (χ1n) is 10.2. The van der Waals surface area contributed by atoms with Crippen molar-refractivity contribution in [3.8, 4) is 11.5 Å². The smallest absolute Gasteiger partial charge is 0.241 e. The molecule has 2 N–H and O–H groups in total. The number of amides is 1. The summed E-state index contributed by atoms with van der Waals surface area (Å²) in [7, 11) is -0.504. The maximum absolute atomic E-state index is 13.2. The van der Waals surface area contributed by atoms with Gasteiger partial charge in [0.05, 0.1) is 25.7 Å². The highest BCUT2D eigenvalue weighted by Crippen LogP contribution is 2.39. The molecule has 31 heavy (non-hydrogen) atoms. The first-order valence-corrected chi connectivity index (χ1v) is 11.8. The van der Waals surface area contributed by atoms with Crippen molar-refractivity contribution in [1.82, 2.24) is 4.90 Å². The molecule has 0 bridgehead atoms. The van der Waals surface area contributed by atoms with Crippen LogP contribution in [0, 0.1) is 0 Å². The van der Waals surface area contributed by atoms with Crippen LogP contribution in [0.3, 0.4) is 0 Å². The summed E-state index contributed by atoms with van der Waals surface area (Å²) in [5, 5.41) is 5.23. The van der Waals surface area contributed by atoms with Crippen molar-refractivity contribution >= 4 is 21.6 Å². The maximum Gasteiger partial charge on any atom is 0.241 e. The molecule has 2 heterocycles. The highest BCUT2D eigenvalue weighted by atomic mass is 32.2. The minimum Gasteiger partial charge on any atom is -0.497 e. The zero-order chi connectivity index (χ0) is 22.2. The number of carbonyl (C=O) groups excluding carboxylic acids is 1. The van der Waals surface area contributed by atoms with Crippen LogP contribution in [0.15, 0.2) is 41.3 Å². The van der Waals surface area contributed by atoms with Crippen LogP contribution < -0.4 is 19.5 Å². The van der Waals surface area contributed by atoms with Crippen LogP contribution in [0.4, 0.5) is 5.69 Å². The molecule has 8 nitrogen and oxygen atoms in total. The van der Waals surface area contributed by atoms with Crippen molar-refractivity contribution in [2.45, 2.75) is 30.2 Å². The van der Waals surface area contributed by atoms with E-state index in [4.69, 9.17) is 14.6 Å². The lowest BCUT2D eigenvalue weighted by Crippen LogP contribution is -2.39. The molecule has 2 aromatic rings. The average Bonchev–Trinajstić information content (AvgIpc) is 3.38. The first-order chi connectivity index (χ1) is 14.8. The number of anilines is 1. The number of carbonyl (C=O) groups is 1. The molecule has 1 saturated heterocycles. The SMILES string of the molecule is COc1ccc([C@@H]2CCCN2CC(=O)N2CCc3cc(S(N)(=O)=O)ccc32)c(OC)c1. The fourth-order valence-electron chi connectivity index (χ4n) is 4.53. The van der Waals surface area contributed by atoms with Crippen molar-refractivity contribution < 1.29 is 22.7 Å². The van der Waals surface area contributed by atoms with E-state index in [2.05, 4.69) is 4.90 Å². The van der Waals surface area contributed by atoms with Gasteiger partial charge >= 0.3 is 0 Å². The van der Waals surface area contributed by atoms with Gasteiger partial charge in [-0.1, -0.05) is 6.07 Å². The van der Waals surface area contributed by atoms with Crippen molar-refractivity contribution in [2.24, 2.45) is 5.14 Å². The largest absolute Gasteiger partial charge is 0.497 e. The van der Waals surface area contributed by atoms with Gasteiger partial charge in [-0.25, -0.2) is 13.6 Å². The van der Waals surface area contributed by atoms with Crippen LogP contribution in [-0.4, -0.2) is 53.1 Å². The number of nitrogens with zero attached hydrogens (tertiary/aromatic N) is 2. The summed E-state index contributed by atoms with van der Waals surface area (Å²) in [5.74, 6) is 1.49. The third kappa shape index (κ3) is 4.26. The molecule has 2 aliphatic rings. The minimum atomic E-state index is -3.76. The minimum absolute atomic E-state index is 0.00137. The van der Waals surface area contributed by atoms with Crippen LogP contribution in [0.2, 0.25) is 0 Å². The predicted molar refractivity (Wildman–Crippen MR) is 117 cm³/mol. The van der Waals surface area contributed by atoms with E-state index in [9.17, 15) is 13.2 Å². The van der Waals surface area contributed by atoms with Crippen LogP contribution in [0.1, 0.15) is 30.0 Å². The number of likely N-dealkylation sites (tertiary alicyclic amines) is 1. The maximum atomic E-state index is 13.2. The quantitative estimate of drug-likeness (QED) is 0.730. The number of methoxy groups -OCH3 is 2. The van der Waals surface area contributed by atoms with Gasteiger partial charge < -0.3 is 14.4 Å². The Morgan fingerprint density at radius 1 is 1.13 bits per heavy atom. The summed E-state index contributed by atoms with van der Waals surface area (Å²) in [6, 6.07) is 10.6. The Balaban J connectivity index is 1.52. The Bertz CT molecular complexity index is 1100. The van der Waals surface area contributed by atoms with Gasteiger partial charge in [-0.3, -0.25) is 9.69 Å². The van der Waals surface area contributed by atoms with Crippen LogP contribution in [0.25, 0.3) is 0 Å². The molecule has 2 aromatic carbocycles. The second-order valence-corrected chi connectivity index (χ2v) is 9.43. The van der Waals surface area contributed by atoms with Crippen LogP contribution >= 0.6 is 0 Å². The number of hydrogen-bond acceptors (Lipinski definition) is 6. The molecule has 1 amide bonds. The highest BCUT2D eigenvalue weighted by molar-refractivity contribution is 7.89. The lowest BCUT2D eigenvalue weighted by Gasteiger charge is -2.28. The number of sulfonamides is 1. The van der Waals surface area contributed by atoms with Gasteiger partial charge in [0.2, 0.25) is 15.9 Å². The van der Waals surface area contributed by atoms with Gasteiger partial charge in [0.1, 0.15) is 11.5 Å². The number of hydrogen-bond donors (Lipinski definition) is 1. The molecule has 9 heteroatoms. The Morgan fingerprint density at radius 3 is 2.65 bits per heavy atom. The van der Waals surface area contributed by atoms with E-state index in [0.717, 1.165) is 47.7 Å². The Hall–Kier alpha value is -2.62. The molecule has 0 aromatic heterocycles. The fourth-order valence-corrected chi connectivity index (χ4v) is 5.10. The normalized spacial score (nSPS) is 18.8. The van der Waals surface area contributed by atoms with Crippen molar-refractivity contribution in [3.05, 3.63) is 47.5 Å². The summed E-state index contributed by atoms with van der Waals surface area (Å²) in [6.07, 6.45) is 2.56. The van der Waals surface area contributed by atoms with Gasteiger partial charge in [-0.05, 0) is 55.6 Å². The standard InChI is InChI=1S/C22H27N3O5S/c1-29-16-5-7-18(21(13-16)30-2)20-4-3-10-24(20)14-22(26)25-11-9-15-12-17(31(23,27)28)6-8-19(15)25/h5-8,12-13,20H,3-4,9-11,14H2,1-2H3,(H2,23,27,28)/t20-/m0/s1. The number of primary sulfonamides is 1. The Kier molecular flexibility index (Phi) is 5.92. The third-order valence-corrected chi connectivity index (χ3v) is 6.99. The molecule has 0 aliphatic carbocycles. The summed E-state index contributed by atoms with van der Waals surface area (Å²) in [5.41, 5.74) is 2.64. The molecule has 0 saturated carbocycles. The first kappa shape index (κ1) is 21.6. The van der Waals surface area contributed by atoms with E-state index < -0.39 is 10.0 Å². The van der Waals surface area contributed by atoms with Crippen LogP contribution in [-0.2, 0) is 21.2 Å². The van der Waals surface area contributed by atoms with Gasteiger partial charge in [0.15, 0.2) is 0 Å². The monoisotopic (exact) mass is 445 g/mol. The van der Waals surface area contributed by atoms with E-state index >= 15 is 0 Å². The number of nitrogens with two attached hydrogens (primary N) is 1. The summed E-state index contributed by atoms with van der Waals surface area (Å²) in [6.45, 7) is 1.65. The number of benzene rings is 2. The summed E-state index contributed by atoms with van der Waals surface area (Å²) >= 11 is 0. The van der Waals surface area contributed by atoms with Crippen molar-refractivity contribution in [2.75, 3.05) is 38.8 Å². The number of rotatable bonds is 6. The zero-order valence-electron chi connectivity index (χ0n) is 17.7. The van der Waals surface area contributed by atoms with Crippen LogP contribution in [0.5, 0.6) is 11.5 Å². The lowest BCUT2D eigenvalue weighted by molar-refractivity contribution is -0.119. The molecule has 2 aliphatic heterocycles. The van der Waals surface area contributed by atoms with Gasteiger partial charge in [0, 0.05) is 29.9 Å². The second kappa shape index (κ2) is 8.49. The van der Waals surface area contributed by atoms with Gasteiger partial charge in [-0.2, -0.15) is 0 Å². The summed E-state index contributed by atoms with van der Waals surface area (Å²) < 4.78 is 34.1. The second-order valence-electron chi connectivity index (χ2n) is 7.87. The molecule has 0 spiro atoms. The van der Waals surface area contributed by atoms with E-state index in [1.54, 1.807) is 31.3 Å². The Labute approximate surface area is 182 Å². The van der Waals surface area contributed by atoms with Gasteiger partial charge in [-0.15, -0.1) is 0 Å². The van der Waals surface area contributed by atoms with E-state index in [1.165, 1.54) is 6.07 Å². The Morgan fingerprint density at radius 2 is 1.94 bits per heavy atom. The molecule has 0 radical (unpaired) electrons. The summed E-state index contributed by atoms with van der Waals surface area (Å²) in [4.78, 5) is 17.2. The number of ether oxygens (including phenoxy) is 2. The molecule has 1 fully saturated rings. The van der Waals surface area contributed by atoms with Crippen molar-refractivity contribution in [3.63, 3.8) is 0 Å². The molecule has 0 unspecified atom stereocenters. The highest BCUT2D eigenvalue weighted by Gasteiger charge is 2.33. The lowest BCUT2D eigenvalue weighted by atomic mass is 10.0.